The maximum absolute atomic E-state index is 12.2. The first kappa shape index (κ1) is 12.5. The molecule has 1 aromatic rings. The van der Waals surface area contributed by atoms with Gasteiger partial charge in [-0.25, -0.2) is 0 Å². The molecule has 3 nitrogen and oxygen atoms in total. The molecule has 0 unspecified atom stereocenters. The molecule has 2 aliphatic rings. The van der Waals surface area contributed by atoms with Crippen molar-refractivity contribution in [1.29, 1.82) is 0 Å². The predicted octanol–water partition coefficient (Wildman–Crippen LogP) is 2.71. The van der Waals surface area contributed by atoms with Crippen molar-refractivity contribution in [3.05, 3.63) is 33.9 Å². The average Bonchev–Trinajstić information content (AvgIpc) is 2.81. The number of carbonyl (C=O) groups excluding carboxylic acids is 2. The van der Waals surface area contributed by atoms with Crippen LogP contribution in [0.5, 0.6) is 0 Å². The van der Waals surface area contributed by atoms with Crippen LogP contribution >= 0.6 is 0 Å². The van der Waals surface area contributed by atoms with Crippen LogP contribution < -0.4 is 0 Å². The van der Waals surface area contributed by atoms with Crippen molar-refractivity contribution in [2.45, 2.75) is 52.2 Å². The number of benzene rings is 1. The van der Waals surface area contributed by atoms with E-state index in [4.69, 9.17) is 4.74 Å². The Kier molecular flexibility index (Phi) is 2.65. The lowest BCUT2D eigenvalue weighted by Crippen LogP contribution is -2.19. The molecule has 1 aromatic carbocycles. The maximum Gasteiger partial charge on any atom is 0.163 e. The van der Waals surface area contributed by atoms with E-state index < -0.39 is 5.60 Å². The SMILES string of the molecule is CC(=O)Cc1cc2c(c3c1CCC3=O)C(C)(C)OC2. The third-order valence-electron chi connectivity index (χ3n) is 4.12. The highest BCUT2D eigenvalue weighted by Crippen LogP contribution is 2.43. The summed E-state index contributed by atoms with van der Waals surface area (Å²) in [6.07, 6.45) is 1.75. The molecule has 0 fully saturated rings. The fourth-order valence-electron chi connectivity index (χ4n) is 3.36. The Labute approximate surface area is 113 Å². The molecule has 0 saturated heterocycles. The van der Waals surface area contributed by atoms with Crippen LogP contribution in [0.1, 0.15) is 59.8 Å². The van der Waals surface area contributed by atoms with E-state index in [1.807, 2.05) is 13.8 Å². The van der Waals surface area contributed by atoms with Gasteiger partial charge in [0, 0.05) is 18.4 Å². The Bertz CT molecular complexity index is 597. The lowest BCUT2D eigenvalue weighted by atomic mass is 9.85. The summed E-state index contributed by atoms with van der Waals surface area (Å²) in [6, 6.07) is 2.07. The molecule has 3 heteroatoms. The molecule has 100 valence electrons. The molecule has 3 rings (SSSR count). The summed E-state index contributed by atoms with van der Waals surface area (Å²) in [5.41, 5.74) is 4.68. The molecule has 0 N–H and O–H groups in total. The molecule has 0 amide bonds. The van der Waals surface area contributed by atoms with E-state index in [1.54, 1.807) is 6.92 Å². The highest BCUT2D eigenvalue weighted by Gasteiger charge is 2.39. The minimum atomic E-state index is -0.395. The largest absolute Gasteiger partial charge is 0.366 e. The Morgan fingerprint density at radius 1 is 1.37 bits per heavy atom. The molecule has 0 radical (unpaired) electrons. The molecule has 1 aliphatic heterocycles. The van der Waals surface area contributed by atoms with E-state index in [2.05, 4.69) is 6.07 Å². The van der Waals surface area contributed by atoms with Gasteiger partial charge in [0.05, 0.1) is 12.2 Å². The van der Waals surface area contributed by atoms with Gasteiger partial charge in [0.2, 0.25) is 0 Å². The number of ether oxygens (including phenoxy) is 1. The van der Waals surface area contributed by atoms with Gasteiger partial charge in [0.25, 0.3) is 0 Å². The molecule has 0 saturated carbocycles. The van der Waals surface area contributed by atoms with Crippen LogP contribution in [-0.2, 0) is 34.6 Å². The highest BCUT2D eigenvalue weighted by molar-refractivity contribution is 6.03. The average molecular weight is 258 g/mol. The van der Waals surface area contributed by atoms with E-state index in [1.165, 1.54) is 0 Å². The summed E-state index contributed by atoms with van der Waals surface area (Å²) >= 11 is 0. The number of fused-ring (bicyclic) bond motifs is 3. The first-order valence-corrected chi connectivity index (χ1v) is 6.75. The van der Waals surface area contributed by atoms with Gasteiger partial charge >= 0.3 is 0 Å². The zero-order valence-corrected chi connectivity index (χ0v) is 11.6. The minimum Gasteiger partial charge on any atom is -0.366 e. The number of hydrogen-bond donors (Lipinski definition) is 0. The monoisotopic (exact) mass is 258 g/mol. The molecule has 0 spiro atoms. The number of Topliss-reactive ketones (excluding diaryl/α,β-unsaturated/α-hetero) is 2. The van der Waals surface area contributed by atoms with Crippen LogP contribution in [0, 0.1) is 0 Å². The predicted molar refractivity (Wildman–Crippen MR) is 71.3 cm³/mol. The fraction of sp³-hybridized carbons (Fsp3) is 0.500. The molecular formula is C16H18O3. The van der Waals surface area contributed by atoms with Crippen LogP contribution in [0.15, 0.2) is 6.07 Å². The summed E-state index contributed by atoms with van der Waals surface area (Å²) in [5.74, 6) is 0.343. The minimum absolute atomic E-state index is 0.139. The summed E-state index contributed by atoms with van der Waals surface area (Å²) < 4.78 is 5.81. The van der Waals surface area contributed by atoms with E-state index in [0.29, 0.717) is 19.4 Å². The van der Waals surface area contributed by atoms with Crippen molar-refractivity contribution < 1.29 is 14.3 Å². The Morgan fingerprint density at radius 2 is 2.11 bits per heavy atom. The van der Waals surface area contributed by atoms with Crippen molar-refractivity contribution in [3.8, 4) is 0 Å². The number of carbonyl (C=O) groups is 2. The Balaban J connectivity index is 2.25. The molecule has 0 bridgehead atoms. The van der Waals surface area contributed by atoms with Gasteiger partial charge in [0.15, 0.2) is 5.78 Å². The summed E-state index contributed by atoms with van der Waals surface area (Å²) in [6.45, 7) is 6.15. The third-order valence-corrected chi connectivity index (χ3v) is 4.12. The van der Waals surface area contributed by atoms with Crippen LogP contribution in [0.2, 0.25) is 0 Å². The van der Waals surface area contributed by atoms with Gasteiger partial charge in [-0.15, -0.1) is 0 Å². The molecular weight excluding hydrogens is 240 g/mol. The third kappa shape index (κ3) is 1.84. The van der Waals surface area contributed by atoms with Crippen molar-refractivity contribution in [3.63, 3.8) is 0 Å². The van der Waals surface area contributed by atoms with E-state index in [0.717, 1.165) is 34.2 Å². The van der Waals surface area contributed by atoms with Crippen molar-refractivity contribution in [1.82, 2.24) is 0 Å². The fourth-order valence-corrected chi connectivity index (χ4v) is 3.36. The molecule has 1 heterocycles. The zero-order valence-electron chi connectivity index (χ0n) is 11.6. The topological polar surface area (TPSA) is 43.4 Å². The first-order valence-electron chi connectivity index (χ1n) is 6.75. The molecule has 1 aliphatic carbocycles. The highest BCUT2D eigenvalue weighted by atomic mass is 16.5. The van der Waals surface area contributed by atoms with Crippen LogP contribution in [0.4, 0.5) is 0 Å². The quantitative estimate of drug-likeness (QED) is 0.819. The van der Waals surface area contributed by atoms with Gasteiger partial charge in [0.1, 0.15) is 5.78 Å². The standard InChI is InChI=1S/C16H18O3/c1-9(17)6-10-7-11-8-19-16(2,3)15(11)14-12(10)4-5-13(14)18/h7H,4-6,8H2,1-3H3. The number of ketones is 2. The van der Waals surface area contributed by atoms with Crippen molar-refractivity contribution in [2.75, 3.05) is 0 Å². The van der Waals surface area contributed by atoms with Gasteiger partial charge in [-0.05, 0) is 49.4 Å². The summed E-state index contributed by atoms with van der Waals surface area (Å²) in [4.78, 5) is 23.6. The number of rotatable bonds is 2. The molecule has 0 aromatic heterocycles. The second-order valence-electron chi connectivity index (χ2n) is 6.02. The van der Waals surface area contributed by atoms with Crippen LogP contribution in [0.3, 0.4) is 0 Å². The van der Waals surface area contributed by atoms with E-state index in [-0.39, 0.29) is 11.6 Å². The van der Waals surface area contributed by atoms with Gasteiger partial charge in [-0.2, -0.15) is 0 Å². The van der Waals surface area contributed by atoms with Crippen LogP contribution in [0.25, 0.3) is 0 Å². The zero-order chi connectivity index (χ0) is 13.8. The Hall–Kier alpha value is -1.48. The van der Waals surface area contributed by atoms with Crippen molar-refractivity contribution >= 4 is 11.6 Å². The smallest absolute Gasteiger partial charge is 0.163 e. The second kappa shape index (κ2) is 4.01. The Morgan fingerprint density at radius 3 is 2.79 bits per heavy atom. The van der Waals surface area contributed by atoms with Crippen LogP contribution in [-0.4, -0.2) is 11.6 Å². The van der Waals surface area contributed by atoms with Gasteiger partial charge < -0.3 is 4.74 Å². The first-order chi connectivity index (χ1) is 8.90. The van der Waals surface area contributed by atoms with E-state index >= 15 is 0 Å². The molecule has 0 atom stereocenters. The lowest BCUT2D eigenvalue weighted by molar-refractivity contribution is -0.116. The van der Waals surface area contributed by atoms with Gasteiger partial charge in [-0.1, -0.05) is 6.07 Å². The maximum atomic E-state index is 12.2. The molecule has 19 heavy (non-hydrogen) atoms. The van der Waals surface area contributed by atoms with Gasteiger partial charge in [-0.3, -0.25) is 9.59 Å². The normalized spacial score (nSPS) is 19.4. The second-order valence-corrected chi connectivity index (χ2v) is 6.02. The number of hydrogen-bond acceptors (Lipinski definition) is 3. The van der Waals surface area contributed by atoms with Crippen molar-refractivity contribution in [2.24, 2.45) is 0 Å². The lowest BCUT2D eigenvalue weighted by Gasteiger charge is -2.21. The summed E-state index contributed by atoms with van der Waals surface area (Å²) in [5, 5.41) is 0. The van der Waals surface area contributed by atoms with E-state index in [9.17, 15) is 9.59 Å². The summed E-state index contributed by atoms with van der Waals surface area (Å²) in [7, 11) is 0.